The fourth-order valence-electron chi connectivity index (χ4n) is 5.59. The van der Waals surface area contributed by atoms with Gasteiger partial charge in [-0.15, -0.1) is 5.10 Å². The van der Waals surface area contributed by atoms with Crippen molar-refractivity contribution < 1.29 is 4.39 Å². The summed E-state index contributed by atoms with van der Waals surface area (Å²) in [5, 5.41) is 30.4. The van der Waals surface area contributed by atoms with E-state index in [0.717, 1.165) is 30.6 Å². The normalized spacial score (nSPS) is 16.9. The molecule has 3 N–H and O–H groups in total. The molecule has 0 aliphatic carbocycles. The van der Waals surface area contributed by atoms with Crippen molar-refractivity contribution in [3.8, 4) is 6.07 Å². The molecule has 1 fully saturated rings. The molecule has 11 heteroatoms. The number of fused-ring (bicyclic) bond motifs is 1. The summed E-state index contributed by atoms with van der Waals surface area (Å²) in [6, 6.07) is 20.1. The minimum atomic E-state index is -0.533. The zero-order valence-electron chi connectivity index (χ0n) is 23.6. The molecule has 1 aliphatic rings. The summed E-state index contributed by atoms with van der Waals surface area (Å²) < 4.78 is 15.8. The van der Waals surface area contributed by atoms with Crippen LogP contribution < -0.4 is 16.0 Å². The van der Waals surface area contributed by atoms with E-state index in [9.17, 15) is 9.65 Å². The summed E-state index contributed by atoms with van der Waals surface area (Å²) in [7, 11) is 0. The lowest BCUT2D eigenvalue weighted by Crippen LogP contribution is -2.46. The highest BCUT2D eigenvalue weighted by Crippen LogP contribution is 2.37. The summed E-state index contributed by atoms with van der Waals surface area (Å²) in [6.45, 7) is 5.33. The van der Waals surface area contributed by atoms with Gasteiger partial charge >= 0.3 is 0 Å². The minimum absolute atomic E-state index is 0.0231. The predicted molar refractivity (Wildman–Crippen MR) is 168 cm³/mol. The molecule has 1 aliphatic heterocycles. The van der Waals surface area contributed by atoms with Crippen LogP contribution in [-0.4, -0.2) is 32.1 Å². The van der Waals surface area contributed by atoms with Crippen LogP contribution in [0.5, 0.6) is 0 Å². The Morgan fingerprint density at radius 3 is 2.63 bits per heavy atom. The number of hydrogen-bond acceptors (Lipinski definition) is 7. The standard InChI is InChI=1S/C32H29Cl2FN8/c1-32(2)15-23(10-11-38-32)43-18-28(41-42-43)30(19-6-4-3-5-7-19)40-22-12-24-29(39-21-8-9-27(35)25(33)13-21)20(16-36)17-37-31(24)26(34)14-22/h3-9,12-14,17-18,23,30,38,40H,10-11,15H2,1-2H3,(H,37,39)/t23?,30-/m0/s1. The lowest BCUT2D eigenvalue weighted by Gasteiger charge is -2.36. The molecule has 5 aromatic rings. The van der Waals surface area contributed by atoms with Crippen LogP contribution in [0, 0.1) is 17.1 Å². The average molecular weight is 616 g/mol. The van der Waals surface area contributed by atoms with Crippen molar-refractivity contribution in [2.24, 2.45) is 0 Å². The molecule has 0 saturated carbocycles. The van der Waals surface area contributed by atoms with Crippen molar-refractivity contribution in [3.05, 3.63) is 106 Å². The number of nitrogens with zero attached hydrogens (tertiary/aromatic N) is 5. The van der Waals surface area contributed by atoms with E-state index < -0.39 is 5.82 Å². The van der Waals surface area contributed by atoms with Gasteiger partial charge in [0.2, 0.25) is 0 Å². The average Bonchev–Trinajstić information content (AvgIpc) is 3.48. The van der Waals surface area contributed by atoms with Gasteiger partial charge < -0.3 is 16.0 Å². The SMILES string of the molecule is CC1(C)CC(n2cc([C@@H](Nc3cc(Cl)c4ncc(C#N)c(Nc5ccc(F)c(Cl)c5)c4c3)c3ccccc3)nn2)CCN1. The van der Waals surface area contributed by atoms with Gasteiger partial charge in [-0.2, -0.15) is 5.26 Å². The molecule has 3 heterocycles. The molecule has 43 heavy (non-hydrogen) atoms. The zero-order valence-corrected chi connectivity index (χ0v) is 25.1. The summed E-state index contributed by atoms with van der Waals surface area (Å²) in [6.07, 6.45) is 5.39. The van der Waals surface area contributed by atoms with E-state index in [4.69, 9.17) is 23.2 Å². The van der Waals surface area contributed by atoms with E-state index in [1.54, 1.807) is 12.1 Å². The maximum atomic E-state index is 13.8. The van der Waals surface area contributed by atoms with Crippen molar-refractivity contribution >= 4 is 51.2 Å². The molecular weight excluding hydrogens is 586 g/mol. The highest BCUT2D eigenvalue weighted by atomic mass is 35.5. The first-order valence-electron chi connectivity index (χ1n) is 13.9. The van der Waals surface area contributed by atoms with Crippen LogP contribution in [0.1, 0.15) is 55.6 Å². The fraction of sp³-hybridized carbons (Fsp3) is 0.250. The van der Waals surface area contributed by atoms with Crippen molar-refractivity contribution in [1.29, 1.82) is 5.26 Å². The first-order valence-corrected chi connectivity index (χ1v) is 14.7. The molecule has 6 rings (SSSR count). The van der Waals surface area contributed by atoms with Gasteiger partial charge in [-0.25, -0.2) is 9.07 Å². The first kappa shape index (κ1) is 28.9. The molecule has 3 aromatic carbocycles. The van der Waals surface area contributed by atoms with Crippen LogP contribution >= 0.6 is 23.2 Å². The van der Waals surface area contributed by atoms with Crippen molar-refractivity contribution in [2.45, 2.75) is 44.3 Å². The molecule has 0 spiro atoms. The maximum Gasteiger partial charge on any atom is 0.141 e. The third kappa shape index (κ3) is 6.13. The number of anilines is 3. The Bertz CT molecular complexity index is 1830. The van der Waals surface area contributed by atoms with E-state index in [-0.39, 0.29) is 22.6 Å². The minimum Gasteiger partial charge on any atom is -0.373 e. The van der Waals surface area contributed by atoms with Crippen molar-refractivity contribution in [2.75, 3.05) is 17.2 Å². The third-order valence-corrected chi connectivity index (χ3v) is 8.28. The molecule has 1 saturated heterocycles. The number of halogens is 3. The molecular formula is C32H29Cl2FN8. The monoisotopic (exact) mass is 614 g/mol. The largest absolute Gasteiger partial charge is 0.373 e. The Hall–Kier alpha value is -4.23. The van der Waals surface area contributed by atoms with Crippen LogP contribution in [-0.2, 0) is 0 Å². The van der Waals surface area contributed by atoms with Gasteiger partial charge in [0.1, 0.15) is 17.6 Å². The molecule has 2 atom stereocenters. The topological polar surface area (TPSA) is 103 Å². The van der Waals surface area contributed by atoms with Crippen LogP contribution in [0.4, 0.5) is 21.5 Å². The summed E-state index contributed by atoms with van der Waals surface area (Å²) in [5.74, 6) is -0.533. The summed E-state index contributed by atoms with van der Waals surface area (Å²) in [4.78, 5) is 4.45. The van der Waals surface area contributed by atoms with Gasteiger partial charge in [0.25, 0.3) is 0 Å². The van der Waals surface area contributed by atoms with Crippen molar-refractivity contribution in [3.63, 3.8) is 0 Å². The summed E-state index contributed by atoms with van der Waals surface area (Å²) >= 11 is 12.8. The Balaban J connectivity index is 1.39. The molecule has 0 radical (unpaired) electrons. The van der Waals surface area contributed by atoms with Gasteiger partial charge in [-0.1, -0.05) is 58.7 Å². The first-order chi connectivity index (χ1) is 20.7. The number of aromatic nitrogens is 4. The quantitative estimate of drug-likeness (QED) is 0.172. The van der Waals surface area contributed by atoms with Gasteiger partial charge in [0, 0.05) is 28.5 Å². The van der Waals surface area contributed by atoms with Crippen LogP contribution in [0.2, 0.25) is 10.0 Å². The fourth-order valence-corrected chi connectivity index (χ4v) is 6.04. The number of rotatable bonds is 7. The Labute approximate surface area is 258 Å². The summed E-state index contributed by atoms with van der Waals surface area (Å²) in [5.41, 5.74) is 4.30. The number of hydrogen-bond donors (Lipinski definition) is 3. The number of benzene rings is 3. The van der Waals surface area contributed by atoms with E-state index in [0.29, 0.717) is 38.6 Å². The highest BCUT2D eigenvalue weighted by molar-refractivity contribution is 6.36. The molecule has 2 aromatic heterocycles. The van der Waals surface area contributed by atoms with Gasteiger partial charge in [-0.05, 0) is 69.1 Å². The third-order valence-electron chi connectivity index (χ3n) is 7.70. The molecule has 218 valence electrons. The van der Waals surface area contributed by atoms with Crippen LogP contribution in [0.15, 0.2) is 73.1 Å². The lowest BCUT2D eigenvalue weighted by atomic mass is 9.89. The Morgan fingerprint density at radius 1 is 1.09 bits per heavy atom. The van der Waals surface area contributed by atoms with Gasteiger partial charge in [0.15, 0.2) is 0 Å². The van der Waals surface area contributed by atoms with E-state index in [2.05, 4.69) is 51.2 Å². The second-order valence-electron chi connectivity index (χ2n) is 11.3. The van der Waals surface area contributed by atoms with Crippen molar-refractivity contribution in [1.82, 2.24) is 25.3 Å². The van der Waals surface area contributed by atoms with Crippen LogP contribution in [0.3, 0.4) is 0 Å². The van der Waals surface area contributed by atoms with Gasteiger partial charge in [-0.3, -0.25) is 4.98 Å². The molecule has 0 amide bonds. The molecule has 1 unspecified atom stereocenters. The lowest BCUT2D eigenvalue weighted by molar-refractivity contribution is 0.219. The number of piperidine rings is 1. The van der Waals surface area contributed by atoms with E-state index >= 15 is 0 Å². The maximum absolute atomic E-state index is 13.8. The van der Waals surface area contributed by atoms with Gasteiger partial charge in [0.05, 0.1) is 45.1 Å². The van der Waals surface area contributed by atoms with Crippen LogP contribution in [0.25, 0.3) is 10.9 Å². The highest BCUT2D eigenvalue weighted by Gasteiger charge is 2.30. The number of nitrogens with one attached hydrogen (secondary N) is 3. The number of pyridine rings is 1. The molecule has 8 nitrogen and oxygen atoms in total. The smallest absolute Gasteiger partial charge is 0.141 e. The Morgan fingerprint density at radius 2 is 1.88 bits per heavy atom. The second kappa shape index (κ2) is 11.8. The Kier molecular flexibility index (Phi) is 7.93. The predicted octanol–water partition coefficient (Wildman–Crippen LogP) is 7.79. The second-order valence-corrected chi connectivity index (χ2v) is 12.1. The zero-order chi connectivity index (χ0) is 30.1. The number of nitriles is 1. The van der Waals surface area contributed by atoms with E-state index in [1.165, 1.54) is 18.3 Å². The molecule has 0 bridgehead atoms. The van der Waals surface area contributed by atoms with E-state index in [1.807, 2.05) is 47.3 Å².